The molecule has 1 aliphatic rings. The third-order valence-corrected chi connectivity index (χ3v) is 4.53. The molecule has 2 atom stereocenters. The monoisotopic (exact) mass is 260 g/mol. The standard InChI is InChI=1S/C9H16N4O3S/c10-9-8(5-11-13-9)17(15,16)12-4-6-2-1-3-7(6)14/h5-7,12,14H,1-4H2,(H3,10,11,13). The SMILES string of the molecule is Nc1[nH]ncc1S(=O)(=O)NCC1CCCC1O. The number of rotatable bonds is 4. The van der Waals surface area contributed by atoms with Gasteiger partial charge in [-0.05, 0) is 18.8 Å². The lowest BCUT2D eigenvalue weighted by Crippen LogP contribution is -2.32. The Morgan fingerprint density at radius 1 is 1.59 bits per heavy atom. The number of aliphatic hydroxyl groups excluding tert-OH is 1. The van der Waals surface area contributed by atoms with Gasteiger partial charge in [0.1, 0.15) is 10.7 Å². The molecule has 0 radical (unpaired) electrons. The van der Waals surface area contributed by atoms with E-state index in [1.165, 1.54) is 6.20 Å². The molecule has 1 aromatic rings. The Kier molecular flexibility index (Phi) is 3.36. The fourth-order valence-corrected chi connectivity index (χ4v) is 3.16. The van der Waals surface area contributed by atoms with E-state index in [-0.39, 0.29) is 23.2 Å². The van der Waals surface area contributed by atoms with Crippen molar-refractivity contribution in [3.8, 4) is 0 Å². The van der Waals surface area contributed by atoms with Crippen LogP contribution in [0.5, 0.6) is 0 Å². The third-order valence-electron chi connectivity index (χ3n) is 3.08. The van der Waals surface area contributed by atoms with E-state index < -0.39 is 16.1 Å². The first-order valence-electron chi connectivity index (χ1n) is 5.47. The predicted octanol–water partition coefficient (Wildman–Crippen LogP) is -0.569. The van der Waals surface area contributed by atoms with Gasteiger partial charge >= 0.3 is 0 Å². The molecule has 1 heterocycles. The Morgan fingerprint density at radius 2 is 2.35 bits per heavy atom. The Labute approximate surface area is 99.5 Å². The molecule has 0 saturated heterocycles. The average molecular weight is 260 g/mol. The second-order valence-corrected chi connectivity index (χ2v) is 5.99. The van der Waals surface area contributed by atoms with Gasteiger partial charge in [0.25, 0.3) is 0 Å². The number of sulfonamides is 1. The summed E-state index contributed by atoms with van der Waals surface area (Å²) in [7, 11) is -3.64. The van der Waals surface area contributed by atoms with Gasteiger partial charge in [0.05, 0.1) is 12.3 Å². The van der Waals surface area contributed by atoms with E-state index in [0.29, 0.717) is 0 Å². The van der Waals surface area contributed by atoms with Crippen LogP contribution in [0.15, 0.2) is 11.1 Å². The van der Waals surface area contributed by atoms with Gasteiger partial charge in [-0.3, -0.25) is 5.10 Å². The number of nitrogen functional groups attached to an aromatic ring is 1. The zero-order chi connectivity index (χ0) is 12.5. The molecule has 0 amide bonds. The number of nitrogens with zero attached hydrogens (tertiary/aromatic N) is 1. The summed E-state index contributed by atoms with van der Waals surface area (Å²) in [5.74, 6) is 0.00220. The predicted molar refractivity (Wildman–Crippen MR) is 61.5 cm³/mol. The van der Waals surface area contributed by atoms with Crippen molar-refractivity contribution in [3.05, 3.63) is 6.20 Å². The van der Waals surface area contributed by atoms with Crippen molar-refractivity contribution in [2.24, 2.45) is 5.92 Å². The van der Waals surface area contributed by atoms with Gasteiger partial charge in [-0.2, -0.15) is 5.10 Å². The minimum absolute atomic E-state index is 0.0158. The lowest BCUT2D eigenvalue weighted by atomic mass is 10.1. The van der Waals surface area contributed by atoms with E-state index in [1.54, 1.807) is 0 Å². The van der Waals surface area contributed by atoms with E-state index >= 15 is 0 Å². The summed E-state index contributed by atoms with van der Waals surface area (Å²) in [6, 6.07) is 0. The van der Waals surface area contributed by atoms with Crippen LogP contribution in [-0.4, -0.2) is 36.4 Å². The van der Waals surface area contributed by atoms with Gasteiger partial charge in [0, 0.05) is 6.54 Å². The van der Waals surface area contributed by atoms with Crippen molar-refractivity contribution in [2.45, 2.75) is 30.3 Å². The molecule has 0 bridgehead atoms. The van der Waals surface area contributed by atoms with Gasteiger partial charge in [0.2, 0.25) is 10.0 Å². The number of anilines is 1. The molecule has 2 rings (SSSR count). The molecule has 1 saturated carbocycles. The number of hydrogen-bond acceptors (Lipinski definition) is 5. The summed E-state index contributed by atoms with van der Waals surface area (Å²) in [4.78, 5) is -0.0509. The van der Waals surface area contributed by atoms with Gasteiger partial charge in [-0.1, -0.05) is 6.42 Å². The maximum absolute atomic E-state index is 11.8. The maximum Gasteiger partial charge on any atom is 0.245 e. The summed E-state index contributed by atoms with van der Waals surface area (Å²) >= 11 is 0. The van der Waals surface area contributed by atoms with Crippen LogP contribution in [0.1, 0.15) is 19.3 Å². The first kappa shape index (κ1) is 12.3. The third kappa shape index (κ3) is 2.59. The molecule has 2 unspecified atom stereocenters. The molecule has 1 fully saturated rings. The van der Waals surface area contributed by atoms with Gasteiger partial charge in [-0.25, -0.2) is 13.1 Å². The summed E-state index contributed by atoms with van der Waals surface area (Å²) in [5, 5.41) is 15.5. The zero-order valence-electron chi connectivity index (χ0n) is 9.26. The Morgan fingerprint density at radius 3 is 2.88 bits per heavy atom. The summed E-state index contributed by atoms with van der Waals surface area (Å²) in [5.41, 5.74) is 5.45. The summed E-state index contributed by atoms with van der Waals surface area (Å²) < 4.78 is 26.1. The molecule has 0 aliphatic heterocycles. The van der Waals surface area contributed by atoms with Crippen LogP contribution in [0.25, 0.3) is 0 Å². The van der Waals surface area contributed by atoms with E-state index in [4.69, 9.17) is 5.73 Å². The van der Waals surface area contributed by atoms with Crippen LogP contribution in [0.3, 0.4) is 0 Å². The molecule has 96 valence electrons. The summed E-state index contributed by atoms with van der Waals surface area (Å²) in [6.07, 6.45) is 3.26. The second-order valence-electron chi connectivity index (χ2n) is 4.26. The van der Waals surface area contributed by atoms with Gasteiger partial charge in [-0.15, -0.1) is 0 Å². The fraction of sp³-hybridized carbons (Fsp3) is 0.667. The van der Waals surface area contributed by atoms with Crippen LogP contribution in [-0.2, 0) is 10.0 Å². The minimum atomic E-state index is -3.64. The number of nitrogens with one attached hydrogen (secondary N) is 2. The Bertz CT molecular complexity index is 484. The lowest BCUT2D eigenvalue weighted by Gasteiger charge is -2.14. The first-order chi connectivity index (χ1) is 8.00. The normalized spacial score (nSPS) is 25.2. The fourth-order valence-electron chi connectivity index (χ4n) is 2.05. The number of aromatic nitrogens is 2. The van der Waals surface area contributed by atoms with E-state index in [2.05, 4.69) is 14.9 Å². The summed E-state index contributed by atoms with van der Waals surface area (Å²) in [6.45, 7) is 0.230. The first-order valence-corrected chi connectivity index (χ1v) is 6.95. The van der Waals surface area contributed by atoms with E-state index in [0.717, 1.165) is 19.3 Å². The molecule has 8 heteroatoms. The van der Waals surface area contributed by atoms with Crippen molar-refractivity contribution in [1.29, 1.82) is 0 Å². The minimum Gasteiger partial charge on any atom is -0.393 e. The molecule has 7 nitrogen and oxygen atoms in total. The Balaban J connectivity index is 2.01. The highest BCUT2D eigenvalue weighted by molar-refractivity contribution is 7.89. The molecule has 1 aromatic heterocycles. The highest BCUT2D eigenvalue weighted by atomic mass is 32.2. The molecule has 17 heavy (non-hydrogen) atoms. The average Bonchev–Trinajstić information content (AvgIpc) is 2.85. The maximum atomic E-state index is 11.8. The molecule has 0 aromatic carbocycles. The molecular weight excluding hydrogens is 244 g/mol. The highest BCUT2D eigenvalue weighted by Gasteiger charge is 2.27. The van der Waals surface area contributed by atoms with Crippen LogP contribution in [0.2, 0.25) is 0 Å². The quantitative estimate of drug-likeness (QED) is 0.577. The molecule has 5 N–H and O–H groups in total. The van der Waals surface area contributed by atoms with Crippen molar-refractivity contribution in [2.75, 3.05) is 12.3 Å². The van der Waals surface area contributed by atoms with Crippen LogP contribution < -0.4 is 10.5 Å². The smallest absolute Gasteiger partial charge is 0.245 e. The van der Waals surface area contributed by atoms with Crippen molar-refractivity contribution < 1.29 is 13.5 Å². The molecular formula is C9H16N4O3S. The zero-order valence-corrected chi connectivity index (χ0v) is 10.1. The largest absolute Gasteiger partial charge is 0.393 e. The molecule has 0 spiro atoms. The lowest BCUT2D eigenvalue weighted by molar-refractivity contribution is 0.134. The number of nitrogens with two attached hydrogens (primary N) is 1. The van der Waals surface area contributed by atoms with Gasteiger partial charge < -0.3 is 10.8 Å². The van der Waals surface area contributed by atoms with E-state index in [9.17, 15) is 13.5 Å². The number of hydrogen-bond donors (Lipinski definition) is 4. The van der Waals surface area contributed by atoms with Crippen molar-refractivity contribution in [1.82, 2.24) is 14.9 Å². The molecule has 1 aliphatic carbocycles. The van der Waals surface area contributed by atoms with E-state index in [1.807, 2.05) is 0 Å². The van der Waals surface area contributed by atoms with Crippen LogP contribution >= 0.6 is 0 Å². The number of H-pyrrole nitrogens is 1. The van der Waals surface area contributed by atoms with Crippen molar-refractivity contribution >= 4 is 15.8 Å². The second kappa shape index (κ2) is 4.63. The van der Waals surface area contributed by atoms with Crippen LogP contribution in [0.4, 0.5) is 5.82 Å². The Hall–Kier alpha value is -1.12. The highest BCUT2D eigenvalue weighted by Crippen LogP contribution is 2.25. The topological polar surface area (TPSA) is 121 Å². The number of aliphatic hydroxyl groups is 1. The van der Waals surface area contributed by atoms with Gasteiger partial charge in [0.15, 0.2) is 0 Å². The number of aromatic amines is 1. The van der Waals surface area contributed by atoms with Crippen LogP contribution in [0, 0.1) is 5.92 Å². The van der Waals surface area contributed by atoms with Crippen molar-refractivity contribution in [3.63, 3.8) is 0 Å².